The number of carbonyl (C=O) groups is 1. The summed E-state index contributed by atoms with van der Waals surface area (Å²) in [6.45, 7) is 3.83. The van der Waals surface area contributed by atoms with E-state index in [-0.39, 0.29) is 32.0 Å². The summed E-state index contributed by atoms with van der Waals surface area (Å²) in [4.78, 5) is 43.3. The van der Waals surface area contributed by atoms with E-state index < -0.39 is 35.3 Å². The van der Waals surface area contributed by atoms with Gasteiger partial charge in [0, 0.05) is 22.6 Å². The predicted octanol–water partition coefficient (Wildman–Crippen LogP) is 2.14. The average molecular weight is 571 g/mol. The van der Waals surface area contributed by atoms with Crippen molar-refractivity contribution in [1.29, 1.82) is 0 Å². The van der Waals surface area contributed by atoms with Crippen molar-refractivity contribution in [3.05, 3.63) is 55.9 Å². The molecular formula is C27H30N4O10. The second kappa shape index (κ2) is 11.6. The van der Waals surface area contributed by atoms with Crippen LogP contribution in [0.4, 0.5) is 4.79 Å². The fraction of sp³-hybridized carbons (Fsp3) is 0.444. The Labute approximate surface area is 234 Å². The number of fused-ring (bicyclic) bond motifs is 2. The summed E-state index contributed by atoms with van der Waals surface area (Å²) in [6, 6.07) is 5.50. The van der Waals surface area contributed by atoms with Crippen LogP contribution < -0.4 is 25.1 Å². The van der Waals surface area contributed by atoms with Gasteiger partial charge in [-0.1, -0.05) is 0 Å². The van der Waals surface area contributed by atoms with E-state index >= 15 is 0 Å². The number of nitro groups is 1. The van der Waals surface area contributed by atoms with Gasteiger partial charge in [0.2, 0.25) is 0 Å². The van der Waals surface area contributed by atoms with Crippen LogP contribution in [0.2, 0.25) is 0 Å². The SMILES string of the molecule is COc1cc(OC)c2c(=O)[nH]c(-c3cc(C)c(OCCOC(=O)NC4COC5C4OCC5[N+](=O)[O-])c(C)c3)nc2c1. The maximum atomic E-state index is 12.9. The van der Waals surface area contributed by atoms with Crippen LogP contribution in [0.15, 0.2) is 29.1 Å². The number of H-pyrrole nitrogens is 1. The first-order valence-electron chi connectivity index (χ1n) is 12.9. The molecule has 3 aromatic rings. The molecule has 218 valence electrons. The smallest absolute Gasteiger partial charge is 0.407 e. The number of methoxy groups -OCH3 is 2. The molecule has 2 fully saturated rings. The van der Waals surface area contributed by atoms with Crippen LogP contribution in [-0.2, 0) is 14.2 Å². The average Bonchev–Trinajstić information content (AvgIpc) is 3.54. The van der Waals surface area contributed by atoms with Gasteiger partial charge in [0.05, 0.1) is 32.4 Å². The highest BCUT2D eigenvalue weighted by Gasteiger charge is 2.53. The van der Waals surface area contributed by atoms with Crippen molar-refractivity contribution in [2.45, 2.75) is 38.1 Å². The van der Waals surface area contributed by atoms with Gasteiger partial charge in [0.25, 0.3) is 11.6 Å². The molecule has 2 aliphatic heterocycles. The van der Waals surface area contributed by atoms with Gasteiger partial charge < -0.3 is 38.7 Å². The standard InChI is InChI=1S/C27H30N4O10/c1-13-7-15(25-28-17-9-16(36-3)10-20(37-4)21(17)26(32)30-25)8-14(2)22(13)38-5-6-39-27(33)29-18-11-40-24-19(31(34)35)12-41-23(18)24/h7-10,18-19,23-24H,5-6,11-12H2,1-4H3,(H,29,33)(H,28,30,32). The fourth-order valence-electron chi connectivity index (χ4n) is 5.20. The van der Waals surface area contributed by atoms with Gasteiger partial charge in [0.1, 0.15) is 54.4 Å². The zero-order valence-corrected chi connectivity index (χ0v) is 22.9. The van der Waals surface area contributed by atoms with Gasteiger partial charge >= 0.3 is 6.09 Å². The number of rotatable bonds is 9. The Bertz CT molecular complexity index is 1520. The van der Waals surface area contributed by atoms with E-state index in [0.29, 0.717) is 39.5 Å². The van der Waals surface area contributed by atoms with Crippen LogP contribution in [0, 0.1) is 24.0 Å². The van der Waals surface area contributed by atoms with Gasteiger partial charge in [-0.05, 0) is 37.1 Å². The number of alkyl carbamates (subject to hydrolysis) is 1. The van der Waals surface area contributed by atoms with E-state index in [9.17, 15) is 19.7 Å². The predicted molar refractivity (Wildman–Crippen MR) is 144 cm³/mol. The first kappa shape index (κ1) is 28.1. The van der Waals surface area contributed by atoms with Gasteiger partial charge in [0.15, 0.2) is 6.10 Å². The number of nitrogens with one attached hydrogen (secondary N) is 2. The maximum absolute atomic E-state index is 12.9. The molecule has 14 heteroatoms. The van der Waals surface area contributed by atoms with Crippen LogP contribution in [0.25, 0.3) is 22.3 Å². The largest absolute Gasteiger partial charge is 0.497 e. The second-order valence-electron chi connectivity index (χ2n) is 9.76. The van der Waals surface area contributed by atoms with Crippen LogP contribution in [0.3, 0.4) is 0 Å². The molecule has 2 aromatic carbocycles. The summed E-state index contributed by atoms with van der Waals surface area (Å²) in [5.74, 6) is 1.87. The number of aromatic nitrogens is 2. The van der Waals surface area contributed by atoms with Crippen molar-refractivity contribution in [1.82, 2.24) is 15.3 Å². The van der Waals surface area contributed by atoms with Crippen LogP contribution in [-0.4, -0.2) is 85.9 Å². The van der Waals surface area contributed by atoms with Crippen molar-refractivity contribution < 1.29 is 38.1 Å². The zero-order chi connectivity index (χ0) is 29.3. The fourth-order valence-corrected chi connectivity index (χ4v) is 5.20. The first-order valence-corrected chi connectivity index (χ1v) is 12.9. The van der Waals surface area contributed by atoms with E-state index in [2.05, 4.69) is 15.3 Å². The van der Waals surface area contributed by atoms with E-state index in [0.717, 1.165) is 11.1 Å². The molecule has 4 atom stereocenters. The van der Waals surface area contributed by atoms with Gasteiger partial charge in [-0.15, -0.1) is 0 Å². The highest BCUT2D eigenvalue weighted by atomic mass is 16.7. The third kappa shape index (κ3) is 5.60. The summed E-state index contributed by atoms with van der Waals surface area (Å²) in [6.07, 6.45) is -1.98. The molecule has 0 radical (unpaired) electrons. The lowest BCUT2D eigenvalue weighted by Gasteiger charge is -2.17. The first-order chi connectivity index (χ1) is 19.7. The summed E-state index contributed by atoms with van der Waals surface area (Å²) < 4.78 is 32.7. The quantitative estimate of drug-likeness (QED) is 0.219. The third-order valence-electron chi connectivity index (χ3n) is 7.10. The molecule has 0 spiro atoms. The number of nitrogens with zero attached hydrogens (tertiary/aromatic N) is 2. The van der Waals surface area contributed by atoms with Gasteiger partial charge in [-0.25, -0.2) is 9.78 Å². The maximum Gasteiger partial charge on any atom is 0.407 e. The summed E-state index contributed by atoms with van der Waals surface area (Å²) in [7, 11) is 3.00. The number of benzene rings is 2. The monoisotopic (exact) mass is 570 g/mol. The molecule has 2 saturated heterocycles. The highest BCUT2D eigenvalue weighted by molar-refractivity contribution is 5.87. The molecule has 0 saturated carbocycles. The van der Waals surface area contributed by atoms with Crippen molar-refractivity contribution in [3.63, 3.8) is 0 Å². The topological polar surface area (TPSA) is 173 Å². The molecule has 14 nitrogen and oxygen atoms in total. The number of aryl methyl sites for hydroxylation is 2. The highest BCUT2D eigenvalue weighted by Crippen LogP contribution is 2.32. The minimum absolute atomic E-state index is 0.0320. The molecule has 1 amide bonds. The number of aromatic amines is 1. The Morgan fingerprint density at radius 2 is 1.83 bits per heavy atom. The van der Waals surface area contributed by atoms with Gasteiger partial charge in [-0.3, -0.25) is 14.9 Å². The normalized spacial score (nSPS) is 21.4. The van der Waals surface area contributed by atoms with Crippen LogP contribution in [0.5, 0.6) is 17.2 Å². The molecule has 2 N–H and O–H groups in total. The lowest BCUT2D eigenvalue weighted by Crippen LogP contribution is -2.45. The van der Waals surface area contributed by atoms with E-state index in [1.165, 1.54) is 14.2 Å². The van der Waals surface area contributed by atoms with Crippen molar-refractivity contribution in [2.24, 2.45) is 0 Å². The Morgan fingerprint density at radius 1 is 1.10 bits per heavy atom. The second-order valence-corrected chi connectivity index (χ2v) is 9.76. The van der Waals surface area contributed by atoms with Crippen LogP contribution >= 0.6 is 0 Å². The van der Waals surface area contributed by atoms with Crippen LogP contribution in [0.1, 0.15) is 11.1 Å². The summed E-state index contributed by atoms with van der Waals surface area (Å²) in [5, 5.41) is 14.1. The van der Waals surface area contributed by atoms with Crippen molar-refractivity contribution in [2.75, 3.05) is 40.6 Å². The number of hydrogen-bond donors (Lipinski definition) is 2. The minimum Gasteiger partial charge on any atom is -0.497 e. The number of ether oxygens (including phenoxy) is 6. The molecule has 0 aliphatic carbocycles. The Kier molecular flexibility index (Phi) is 7.94. The lowest BCUT2D eigenvalue weighted by atomic mass is 10.0. The number of amides is 1. The zero-order valence-electron chi connectivity index (χ0n) is 22.9. The Morgan fingerprint density at radius 3 is 2.51 bits per heavy atom. The molecule has 4 unspecified atom stereocenters. The number of hydrogen-bond acceptors (Lipinski definition) is 11. The Balaban J connectivity index is 1.20. The molecule has 41 heavy (non-hydrogen) atoms. The van der Waals surface area contributed by atoms with E-state index in [1.54, 1.807) is 12.1 Å². The van der Waals surface area contributed by atoms with Crippen molar-refractivity contribution >= 4 is 17.0 Å². The summed E-state index contributed by atoms with van der Waals surface area (Å²) >= 11 is 0. The molecule has 5 rings (SSSR count). The number of carbonyl (C=O) groups excluding carboxylic acids is 1. The molecule has 3 heterocycles. The molecule has 1 aromatic heterocycles. The van der Waals surface area contributed by atoms with Crippen molar-refractivity contribution in [3.8, 4) is 28.6 Å². The molecule has 0 bridgehead atoms. The third-order valence-corrected chi connectivity index (χ3v) is 7.10. The minimum atomic E-state index is -0.946. The lowest BCUT2D eigenvalue weighted by molar-refractivity contribution is -0.529. The van der Waals surface area contributed by atoms with E-state index in [1.807, 2.05) is 26.0 Å². The van der Waals surface area contributed by atoms with E-state index in [4.69, 9.17) is 28.4 Å². The Hall–Kier alpha value is -4.43. The molecular weight excluding hydrogens is 540 g/mol. The summed E-state index contributed by atoms with van der Waals surface area (Å²) in [5.41, 5.74) is 2.37. The molecule has 2 aliphatic rings. The van der Waals surface area contributed by atoms with Gasteiger partial charge in [-0.2, -0.15) is 0 Å².